The summed E-state index contributed by atoms with van der Waals surface area (Å²) in [6.45, 7) is 0. The van der Waals surface area contributed by atoms with Crippen molar-refractivity contribution in [1.82, 2.24) is 4.98 Å². The molecule has 0 unspecified atom stereocenters. The summed E-state index contributed by atoms with van der Waals surface area (Å²) >= 11 is 0. The summed E-state index contributed by atoms with van der Waals surface area (Å²) in [7, 11) is 0. The van der Waals surface area contributed by atoms with Crippen molar-refractivity contribution in [2.24, 2.45) is 0 Å². The summed E-state index contributed by atoms with van der Waals surface area (Å²) in [5.41, 5.74) is 10.4. The Hall–Kier alpha value is -3.19. The highest BCUT2D eigenvalue weighted by Crippen LogP contribution is 2.41. The van der Waals surface area contributed by atoms with Crippen LogP contribution < -0.4 is 0 Å². The Morgan fingerprint density at radius 1 is 0.560 bits per heavy atom. The first kappa shape index (κ1) is 14.2. The minimum absolute atomic E-state index is 1.01. The van der Waals surface area contributed by atoms with E-state index >= 15 is 0 Å². The molecule has 3 aromatic carbocycles. The number of nitrogens with zero attached hydrogens (tertiary/aromatic N) is 1. The molecule has 0 aliphatic heterocycles. The molecule has 1 aliphatic carbocycles. The number of hydrogen-bond donors (Lipinski definition) is 0. The fraction of sp³-hybridized carbons (Fsp3) is 0.0417. The van der Waals surface area contributed by atoms with Gasteiger partial charge in [0.05, 0.1) is 5.69 Å². The van der Waals surface area contributed by atoms with Crippen LogP contribution in [-0.4, -0.2) is 4.98 Å². The Kier molecular flexibility index (Phi) is 3.24. The summed E-state index contributed by atoms with van der Waals surface area (Å²) < 4.78 is 0. The minimum Gasteiger partial charge on any atom is -0.256 e. The molecule has 1 heteroatoms. The molecule has 0 radical (unpaired) electrons. The number of pyridine rings is 1. The van der Waals surface area contributed by atoms with E-state index in [0.717, 1.165) is 17.7 Å². The largest absolute Gasteiger partial charge is 0.256 e. The highest BCUT2D eigenvalue weighted by atomic mass is 14.7. The van der Waals surface area contributed by atoms with Crippen molar-refractivity contribution in [2.75, 3.05) is 0 Å². The van der Waals surface area contributed by atoms with Gasteiger partial charge in [-0.25, -0.2) is 0 Å². The molecule has 1 heterocycles. The third kappa shape index (κ3) is 2.36. The molecular formula is C24H17N. The zero-order valence-electron chi connectivity index (χ0n) is 13.8. The molecule has 0 N–H and O–H groups in total. The molecule has 25 heavy (non-hydrogen) atoms. The van der Waals surface area contributed by atoms with Crippen molar-refractivity contribution >= 4 is 0 Å². The Balaban J connectivity index is 1.57. The molecule has 0 fully saturated rings. The van der Waals surface area contributed by atoms with E-state index in [1.165, 1.54) is 33.4 Å². The van der Waals surface area contributed by atoms with Crippen LogP contribution in [0, 0.1) is 0 Å². The topological polar surface area (TPSA) is 12.9 Å². The fourth-order valence-corrected chi connectivity index (χ4v) is 3.78. The number of benzene rings is 3. The van der Waals surface area contributed by atoms with Crippen molar-refractivity contribution in [2.45, 2.75) is 6.42 Å². The van der Waals surface area contributed by atoms with Crippen molar-refractivity contribution < 1.29 is 0 Å². The lowest BCUT2D eigenvalue weighted by Gasteiger charge is -2.10. The van der Waals surface area contributed by atoms with Gasteiger partial charge >= 0.3 is 0 Å². The Morgan fingerprint density at radius 3 is 2.12 bits per heavy atom. The van der Waals surface area contributed by atoms with Gasteiger partial charge in [-0.2, -0.15) is 0 Å². The molecule has 0 atom stereocenters. The molecular weight excluding hydrogens is 302 g/mol. The first-order chi connectivity index (χ1) is 12.4. The molecule has 0 spiro atoms. The van der Waals surface area contributed by atoms with Gasteiger partial charge in [0.1, 0.15) is 0 Å². The van der Waals surface area contributed by atoms with Crippen LogP contribution in [0.15, 0.2) is 91.1 Å². The Bertz CT molecular complexity index is 1050. The number of hydrogen-bond acceptors (Lipinski definition) is 1. The van der Waals surface area contributed by atoms with E-state index < -0.39 is 0 Å². The standard InChI is InChI=1S/C24H17N/c1-2-7-21-19(6-1)16-23-20(8-5-9-22(21)23)17-11-13-18(14-12-17)24-10-3-4-15-25-24/h1-15H,16H2. The summed E-state index contributed by atoms with van der Waals surface area (Å²) in [6.07, 6.45) is 2.86. The summed E-state index contributed by atoms with van der Waals surface area (Å²) in [4.78, 5) is 4.44. The SMILES string of the molecule is c1ccc(-c2ccc(-c3cccc4c3Cc3ccccc3-4)cc2)nc1. The van der Waals surface area contributed by atoms with Gasteiger partial charge in [-0.05, 0) is 51.9 Å². The molecule has 4 aromatic rings. The highest BCUT2D eigenvalue weighted by molar-refractivity contribution is 5.85. The van der Waals surface area contributed by atoms with E-state index in [2.05, 4.69) is 71.7 Å². The van der Waals surface area contributed by atoms with Crippen molar-refractivity contribution in [3.63, 3.8) is 0 Å². The lowest BCUT2D eigenvalue weighted by Crippen LogP contribution is -1.88. The van der Waals surface area contributed by atoms with E-state index in [-0.39, 0.29) is 0 Å². The maximum atomic E-state index is 4.44. The second-order valence-electron chi connectivity index (χ2n) is 6.46. The van der Waals surface area contributed by atoms with Crippen LogP contribution in [0.3, 0.4) is 0 Å². The number of aromatic nitrogens is 1. The summed E-state index contributed by atoms with van der Waals surface area (Å²) in [5, 5.41) is 0. The van der Waals surface area contributed by atoms with Crippen molar-refractivity contribution in [3.05, 3.63) is 102 Å². The Morgan fingerprint density at radius 2 is 1.28 bits per heavy atom. The molecule has 5 rings (SSSR count). The average Bonchev–Trinajstić information content (AvgIpc) is 3.08. The predicted molar refractivity (Wildman–Crippen MR) is 103 cm³/mol. The lowest BCUT2D eigenvalue weighted by molar-refractivity contribution is 1.26. The highest BCUT2D eigenvalue weighted by Gasteiger charge is 2.20. The van der Waals surface area contributed by atoms with Crippen LogP contribution in [-0.2, 0) is 6.42 Å². The number of rotatable bonds is 2. The van der Waals surface area contributed by atoms with Crippen LogP contribution >= 0.6 is 0 Å². The normalized spacial score (nSPS) is 11.8. The third-order valence-corrected chi connectivity index (χ3v) is 5.01. The molecule has 0 saturated heterocycles. The second kappa shape index (κ2) is 5.71. The van der Waals surface area contributed by atoms with Crippen LogP contribution in [0.25, 0.3) is 33.5 Å². The Labute approximate surface area is 147 Å². The van der Waals surface area contributed by atoms with Crippen LogP contribution in [0.2, 0.25) is 0 Å². The van der Waals surface area contributed by atoms with E-state index in [1.807, 2.05) is 24.4 Å². The van der Waals surface area contributed by atoms with Gasteiger partial charge in [-0.3, -0.25) is 4.98 Å². The maximum Gasteiger partial charge on any atom is 0.0701 e. The van der Waals surface area contributed by atoms with Crippen LogP contribution in [0.5, 0.6) is 0 Å². The first-order valence-corrected chi connectivity index (χ1v) is 8.62. The van der Waals surface area contributed by atoms with Crippen LogP contribution in [0.1, 0.15) is 11.1 Å². The second-order valence-corrected chi connectivity index (χ2v) is 6.46. The molecule has 0 bridgehead atoms. The predicted octanol–water partition coefficient (Wildman–Crippen LogP) is 5.99. The van der Waals surface area contributed by atoms with E-state index in [4.69, 9.17) is 0 Å². The van der Waals surface area contributed by atoms with Gasteiger partial charge in [-0.15, -0.1) is 0 Å². The van der Waals surface area contributed by atoms with Crippen molar-refractivity contribution in [3.8, 4) is 33.5 Å². The molecule has 118 valence electrons. The molecule has 1 aromatic heterocycles. The molecule has 0 saturated carbocycles. The smallest absolute Gasteiger partial charge is 0.0701 e. The zero-order valence-corrected chi connectivity index (χ0v) is 13.8. The molecule has 1 nitrogen and oxygen atoms in total. The van der Waals surface area contributed by atoms with E-state index in [1.54, 1.807) is 0 Å². The van der Waals surface area contributed by atoms with Crippen molar-refractivity contribution in [1.29, 1.82) is 0 Å². The summed E-state index contributed by atoms with van der Waals surface area (Å²) in [6, 6.07) is 30.2. The third-order valence-electron chi connectivity index (χ3n) is 5.01. The van der Waals surface area contributed by atoms with Crippen LogP contribution in [0.4, 0.5) is 0 Å². The lowest BCUT2D eigenvalue weighted by atomic mass is 9.95. The van der Waals surface area contributed by atoms with Gasteiger partial charge in [0.15, 0.2) is 0 Å². The minimum atomic E-state index is 1.01. The maximum absolute atomic E-state index is 4.44. The monoisotopic (exact) mass is 319 g/mol. The van der Waals surface area contributed by atoms with E-state index in [0.29, 0.717) is 0 Å². The quantitative estimate of drug-likeness (QED) is 0.389. The molecule has 1 aliphatic rings. The van der Waals surface area contributed by atoms with Gasteiger partial charge < -0.3 is 0 Å². The van der Waals surface area contributed by atoms with Gasteiger partial charge in [-0.1, -0.05) is 72.8 Å². The van der Waals surface area contributed by atoms with Gasteiger partial charge in [0.25, 0.3) is 0 Å². The summed E-state index contributed by atoms with van der Waals surface area (Å²) in [5.74, 6) is 0. The fourth-order valence-electron chi connectivity index (χ4n) is 3.78. The van der Waals surface area contributed by atoms with Gasteiger partial charge in [0, 0.05) is 11.8 Å². The van der Waals surface area contributed by atoms with E-state index in [9.17, 15) is 0 Å². The van der Waals surface area contributed by atoms with Gasteiger partial charge in [0.2, 0.25) is 0 Å². The average molecular weight is 319 g/mol. The number of fused-ring (bicyclic) bond motifs is 3. The molecule has 0 amide bonds. The zero-order chi connectivity index (χ0) is 16.6. The first-order valence-electron chi connectivity index (χ1n) is 8.62.